The van der Waals surface area contributed by atoms with Crippen molar-refractivity contribution >= 4 is 34.2 Å². The molecule has 0 spiro atoms. The van der Waals surface area contributed by atoms with Crippen molar-refractivity contribution in [2.24, 2.45) is 0 Å². The fourth-order valence-corrected chi connectivity index (χ4v) is 3.88. The lowest BCUT2D eigenvalue weighted by Gasteiger charge is -2.32. The van der Waals surface area contributed by atoms with Crippen LogP contribution in [0.4, 0.5) is 18.9 Å². The molecule has 1 aromatic rings. The average Bonchev–Trinajstić information content (AvgIpc) is 2.58. The van der Waals surface area contributed by atoms with Gasteiger partial charge in [0.25, 0.3) is 5.69 Å². The van der Waals surface area contributed by atoms with Gasteiger partial charge in [-0.25, -0.2) is 4.21 Å². The summed E-state index contributed by atoms with van der Waals surface area (Å²) in [6, 6.07) is 2.67. The number of alkyl halides is 3. The number of piperazine rings is 1. The Hall–Kier alpha value is -1.66. The molecule has 1 unspecified atom stereocenters. The number of nitro groups is 1. The van der Waals surface area contributed by atoms with Gasteiger partial charge in [-0.1, -0.05) is 0 Å². The summed E-state index contributed by atoms with van der Waals surface area (Å²) in [5, 5.41) is 11.1. The van der Waals surface area contributed by atoms with Gasteiger partial charge in [-0.15, -0.1) is 11.8 Å². The molecule has 12 heteroatoms. The maximum Gasteiger partial charge on any atom is 0.475 e. The summed E-state index contributed by atoms with van der Waals surface area (Å²) in [7, 11) is -1.41. The van der Waals surface area contributed by atoms with Crippen LogP contribution < -0.4 is 0 Å². The Kier molecular flexibility index (Phi) is 6.64. The van der Waals surface area contributed by atoms with Crippen LogP contribution in [0.3, 0.4) is 0 Å². The summed E-state index contributed by atoms with van der Waals surface area (Å²) in [6.07, 6.45) is 0. The maximum absolute atomic E-state index is 12.5. The van der Waals surface area contributed by atoms with Crippen molar-refractivity contribution in [3.63, 3.8) is 0 Å². The van der Waals surface area contributed by atoms with Crippen LogP contribution in [0.5, 0.6) is 0 Å². The Morgan fingerprint density at radius 1 is 1.31 bits per heavy atom. The van der Waals surface area contributed by atoms with Crippen molar-refractivity contribution in [1.82, 2.24) is 9.80 Å². The molecule has 0 radical (unpaired) electrons. The first-order chi connectivity index (χ1) is 12.1. The second-order valence-corrected chi connectivity index (χ2v) is 8.06. The van der Waals surface area contributed by atoms with Crippen LogP contribution in [0.1, 0.15) is 0 Å². The SMILES string of the molecule is CN1CCN(C(=O)CSc2ccc(S(=O)C(F)(F)F)cc2[N+](=O)[O-])CC1. The summed E-state index contributed by atoms with van der Waals surface area (Å²) in [5.74, 6) is -0.257. The van der Waals surface area contributed by atoms with Crippen molar-refractivity contribution in [1.29, 1.82) is 0 Å². The van der Waals surface area contributed by atoms with Crippen LogP contribution in [0.15, 0.2) is 28.0 Å². The molecule has 1 amide bonds. The van der Waals surface area contributed by atoms with E-state index >= 15 is 0 Å². The zero-order chi connectivity index (χ0) is 19.5. The zero-order valence-corrected chi connectivity index (χ0v) is 15.3. The first-order valence-electron chi connectivity index (χ1n) is 7.45. The molecule has 1 saturated heterocycles. The van der Waals surface area contributed by atoms with E-state index in [1.807, 2.05) is 7.05 Å². The fourth-order valence-electron chi connectivity index (χ4n) is 2.30. The van der Waals surface area contributed by atoms with Gasteiger partial charge in [0.2, 0.25) is 5.91 Å². The highest BCUT2D eigenvalue weighted by Crippen LogP contribution is 2.34. The highest BCUT2D eigenvalue weighted by Gasteiger charge is 2.38. The number of thioether (sulfide) groups is 1. The topological polar surface area (TPSA) is 83.8 Å². The largest absolute Gasteiger partial charge is 0.475 e. The Bertz CT molecular complexity index is 722. The monoisotopic (exact) mass is 411 g/mol. The normalized spacial score (nSPS) is 17.2. The number of amides is 1. The van der Waals surface area contributed by atoms with Gasteiger partial charge < -0.3 is 9.80 Å². The third-order valence-electron chi connectivity index (χ3n) is 3.76. The lowest BCUT2D eigenvalue weighted by atomic mass is 10.3. The predicted octanol–water partition coefficient (Wildman–Crippen LogP) is 2.09. The molecule has 26 heavy (non-hydrogen) atoms. The first kappa shape index (κ1) is 20.6. The molecule has 1 aliphatic rings. The van der Waals surface area contributed by atoms with E-state index in [9.17, 15) is 32.3 Å². The molecule has 0 aliphatic carbocycles. The van der Waals surface area contributed by atoms with Crippen LogP contribution in [-0.2, 0) is 15.6 Å². The predicted molar refractivity (Wildman–Crippen MR) is 90.4 cm³/mol. The molecule has 2 rings (SSSR count). The number of hydrogen-bond acceptors (Lipinski definition) is 6. The standard InChI is InChI=1S/C14H16F3N3O4S2/c1-18-4-6-19(7-5-18)13(21)9-25-12-3-2-10(8-11(12)20(22)23)26(24)14(15,16)17/h2-3,8H,4-7,9H2,1H3. The summed E-state index contributed by atoms with van der Waals surface area (Å²) in [4.78, 5) is 25.6. The van der Waals surface area contributed by atoms with E-state index in [1.54, 1.807) is 4.90 Å². The summed E-state index contributed by atoms with van der Waals surface area (Å²) >= 11 is 0.879. The number of likely N-dealkylation sites (N-methyl/N-ethyl adjacent to an activating group) is 1. The van der Waals surface area contributed by atoms with E-state index in [1.165, 1.54) is 0 Å². The van der Waals surface area contributed by atoms with Gasteiger partial charge in [0, 0.05) is 32.2 Å². The fraction of sp³-hybridized carbons (Fsp3) is 0.500. The molecular formula is C14H16F3N3O4S2. The van der Waals surface area contributed by atoms with Crippen LogP contribution in [0.2, 0.25) is 0 Å². The van der Waals surface area contributed by atoms with Crippen LogP contribution in [0, 0.1) is 10.1 Å². The van der Waals surface area contributed by atoms with E-state index in [2.05, 4.69) is 4.90 Å². The number of rotatable bonds is 5. The summed E-state index contributed by atoms with van der Waals surface area (Å²) in [5.41, 5.74) is -5.60. The Morgan fingerprint density at radius 3 is 2.46 bits per heavy atom. The number of hydrogen-bond donors (Lipinski definition) is 0. The van der Waals surface area contributed by atoms with Crippen molar-refractivity contribution in [2.45, 2.75) is 15.3 Å². The minimum absolute atomic E-state index is 0.0559. The van der Waals surface area contributed by atoms with E-state index in [0.29, 0.717) is 19.2 Å². The molecule has 7 nitrogen and oxygen atoms in total. The zero-order valence-electron chi connectivity index (χ0n) is 13.7. The molecule has 1 aromatic carbocycles. The van der Waals surface area contributed by atoms with E-state index in [-0.39, 0.29) is 16.6 Å². The summed E-state index contributed by atoms with van der Waals surface area (Å²) in [6.45, 7) is 2.58. The van der Waals surface area contributed by atoms with Crippen LogP contribution in [-0.4, -0.2) is 69.3 Å². The second-order valence-electron chi connectivity index (χ2n) is 5.57. The number of nitrogens with zero attached hydrogens (tertiary/aromatic N) is 3. The number of carbonyl (C=O) groups is 1. The third-order valence-corrected chi connectivity index (χ3v) is 5.91. The second kappa shape index (κ2) is 8.35. The quantitative estimate of drug-likeness (QED) is 0.419. The van der Waals surface area contributed by atoms with Crippen LogP contribution in [0.25, 0.3) is 0 Å². The molecule has 1 fully saturated rings. The minimum atomic E-state index is -5.00. The van der Waals surface area contributed by atoms with Gasteiger partial charge in [0.05, 0.1) is 20.5 Å². The number of carbonyl (C=O) groups excluding carboxylic acids is 1. The third kappa shape index (κ3) is 5.17. The molecule has 0 saturated carbocycles. The van der Waals surface area contributed by atoms with Crippen LogP contribution >= 0.6 is 11.8 Å². The number of benzene rings is 1. The van der Waals surface area contributed by atoms with Crippen molar-refractivity contribution in [2.75, 3.05) is 39.0 Å². The van der Waals surface area contributed by atoms with Gasteiger partial charge in [-0.2, -0.15) is 13.2 Å². The maximum atomic E-state index is 12.5. The van der Waals surface area contributed by atoms with Crippen molar-refractivity contribution < 1.29 is 27.1 Å². The number of nitro benzene ring substituents is 1. The Morgan fingerprint density at radius 2 is 1.92 bits per heavy atom. The molecule has 144 valence electrons. The molecular weight excluding hydrogens is 395 g/mol. The molecule has 0 bridgehead atoms. The van der Waals surface area contributed by atoms with E-state index in [0.717, 1.165) is 37.0 Å². The molecule has 0 aromatic heterocycles. The van der Waals surface area contributed by atoms with Gasteiger partial charge in [0.1, 0.15) is 0 Å². The van der Waals surface area contributed by atoms with Gasteiger partial charge >= 0.3 is 5.51 Å². The smallest absolute Gasteiger partial charge is 0.339 e. The highest BCUT2D eigenvalue weighted by atomic mass is 32.2. The lowest BCUT2D eigenvalue weighted by molar-refractivity contribution is -0.387. The molecule has 1 atom stereocenters. The Balaban J connectivity index is 2.10. The molecule has 1 heterocycles. The van der Waals surface area contributed by atoms with E-state index < -0.39 is 31.8 Å². The first-order valence-corrected chi connectivity index (χ1v) is 9.59. The number of halogens is 3. The van der Waals surface area contributed by atoms with Crippen molar-refractivity contribution in [3.05, 3.63) is 28.3 Å². The molecule has 1 aliphatic heterocycles. The summed E-state index contributed by atoms with van der Waals surface area (Å²) < 4.78 is 48.9. The molecule has 0 N–H and O–H groups in total. The Labute approximate surface area is 154 Å². The van der Waals surface area contributed by atoms with Gasteiger partial charge in [-0.05, 0) is 19.2 Å². The minimum Gasteiger partial charge on any atom is -0.339 e. The average molecular weight is 411 g/mol. The van der Waals surface area contributed by atoms with Crippen molar-refractivity contribution in [3.8, 4) is 0 Å². The van der Waals surface area contributed by atoms with Gasteiger partial charge in [-0.3, -0.25) is 14.9 Å². The van der Waals surface area contributed by atoms with Gasteiger partial charge in [0.15, 0.2) is 10.8 Å². The van der Waals surface area contributed by atoms with E-state index in [4.69, 9.17) is 0 Å². The lowest BCUT2D eigenvalue weighted by Crippen LogP contribution is -2.47. The highest BCUT2D eigenvalue weighted by molar-refractivity contribution is 8.00.